The number of ether oxygens (including phenoxy) is 1. The Hall–Kier alpha value is -3.36. The molecular weight excluding hydrogens is 373 g/mol. The number of hydrogen-bond acceptors (Lipinski definition) is 6. The van der Waals surface area contributed by atoms with Crippen LogP contribution in [0.25, 0.3) is 0 Å². The average Bonchev–Trinajstić information content (AvgIpc) is 3.06. The number of nitrogens with zero attached hydrogens (tertiary/aromatic N) is 3. The molecule has 146 valence electrons. The molecule has 1 aromatic heterocycles. The summed E-state index contributed by atoms with van der Waals surface area (Å²) in [6.45, 7) is 0. The number of aliphatic imine (C=N–C) groups is 1. The van der Waals surface area contributed by atoms with Gasteiger partial charge in [0, 0.05) is 44.2 Å². The van der Waals surface area contributed by atoms with E-state index in [1.165, 1.54) is 24.3 Å². The van der Waals surface area contributed by atoms with Crippen molar-refractivity contribution in [3.8, 4) is 5.75 Å². The van der Waals surface area contributed by atoms with Crippen LogP contribution in [0.2, 0.25) is 0 Å². The van der Waals surface area contributed by atoms with Crippen LogP contribution < -0.4 is 10.1 Å². The molecule has 1 aliphatic rings. The predicted octanol–water partition coefficient (Wildman–Crippen LogP) is 3.85. The van der Waals surface area contributed by atoms with Crippen molar-refractivity contribution in [3.63, 3.8) is 0 Å². The van der Waals surface area contributed by atoms with E-state index in [9.17, 15) is 18.0 Å². The molecular formula is C19H17F3N4O2. The SMILES string of the molecule is CN(C)C1=C(C(=O)c2ccncc2)CC(Nc2ccc(OC(F)(F)F)cc2)=N1. The third-order valence-corrected chi connectivity index (χ3v) is 3.87. The van der Waals surface area contributed by atoms with Gasteiger partial charge in [0.1, 0.15) is 17.4 Å². The molecule has 0 saturated heterocycles. The van der Waals surface area contributed by atoms with E-state index in [0.29, 0.717) is 28.5 Å². The van der Waals surface area contributed by atoms with Crippen molar-refractivity contribution < 1.29 is 22.7 Å². The van der Waals surface area contributed by atoms with Gasteiger partial charge in [-0.2, -0.15) is 0 Å². The third-order valence-electron chi connectivity index (χ3n) is 3.87. The van der Waals surface area contributed by atoms with Crippen molar-refractivity contribution in [2.24, 2.45) is 4.99 Å². The zero-order chi connectivity index (χ0) is 20.3. The summed E-state index contributed by atoms with van der Waals surface area (Å²) < 4.78 is 40.6. The Morgan fingerprint density at radius 1 is 1.11 bits per heavy atom. The lowest BCUT2D eigenvalue weighted by Gasteiger charge is -2.13. The molecule has 9 heteroatoms. The van der Waals surface area contributed by atoms with E-state index in [1.807, 2.05) is 0 Å². The Kier molecular flexibility index (Phi) is 5.34. The molecule has 1 aliphatic heterocycles. The summed E-state index contributed by atoms with van der Waals surface area (Å²) in [4.78, 5) is 22.9. The zero-order valence-electron chi connectivity index (χ0n) is 15.1. The zero-order valence-corrected chi connectivity index (χ0v) is 15.1. The van der Waals surface area contributed by atoms with Gasteiger partial charge in [0.15, 0.2) is 5.78 Å². The Labute approximate surface area is 159 Å². The topological polar surface area (TPSA) is 66.8 Å². The molecule has 0 aliphatic carbocycles. The van der Waals surface area contributed by atoms with Crippen molar-refractivity contribution in [1.29, 1.82) is 0 Å². The first kappa shape index (κ1) is 19.4. The number of Topliss-reactive ketones (excluding diaryl/α,β-unsaturated/α-hetero) is 1. The summed E-state index contributed by atoms with van der Waals surface area (Å²) in [7, 11) is 3.57. The summed E-state index contributed by atoms with van der Waals surface area (Å²) in [5.41, 5.74) is 1.56. The molecule has 0 radical (unpaired) electrons. The standard InChI is InChI=1S/C19H17F3N4O2/c1-26(2)18-15(17(27)12-7-9-23-10-8-12)11-16(25-18)24-13-3-5-14(6-4-13)28-19(20,21)22/h3-10H,11H2,1-2H3,(H,24,25). The maximum Gasteiger partial charge on any atom is 0.573 e. The van der Waals surface area contributed by atoms with E-state index in [1.54, 1.807) is 43.5 Å². The Morgan fingerprint density at radius 3 is 2.32 bits per heavy atom. The minimum Gasteiger partial charge on any atom is -0.406 e. The van der Waals surface area contributed by atoms with E-state index in [2.05, 4.69) is 20.0 Å². The van der Waals surface area contributed by atoms with Crippen molar-refractivity contribution in [3.05, 3.63) is 65.7 Å². The summed E-state index contributed by atoms with van der Waals surface area (Å²) in [6, 6.07) is 8.56. The number of halogens is 3. The van der Waals surface area contributed by atoms with Crippen LogP contribution in [0.15, 0.2) is 65.2 Å². The maximum atomic E-state index is 12.8. The first-order valence-corrected chi connectivity index (χ1v) is 8.28. The molecule has 2 heterocycles. The molecule has 0 fully saturated rings. The van der Waals surface area contributed by atoms with Gasteiger partial charge in [0.25, 0.3) is 0 Å². The summed E-state index contributed by atoms with van der Waals surface area (Å²) in [6.07, 6.45) is -1.38. The van der Waals surface area contributed by atoms with Crippen LogP contribution in [0, 0.1) is 0 Å². The summed E-state index contributed by atoms with van der Waals surface area (Å²) in [5, 5.41) is 3.03. The molecule has 0 unspecified atom stereocenters. The number of amidine groups is 1. The fourth-order valence-electron chi connectivity index (χ4n) is 2.69. The van der Waals surface area contributed by atoms with Gasteiger partial charge in [0.05, 0.1) is 5.57 Å². The second-order valence-corrected chi connectivity index (χ2v) is 6.19. The van der Waals surface area contributed by atoms with E-state index < -0.39 is 6.36 Å². The number of carbonyl (C=O) groups is 1. The lowest BCUT2D eigenvalue weighted by Crippen LogP contribution is -2.17. The van der Waals surface area contributed by atoms with E-state index in [0.717, 1.165) is 0 Å². The van der Waals surface area contributed by atoms with Gasteiger partial charge < -0.3 is 15.0 Å². The van der Waals surface area contributed by atoms with Gasteiger partial charge in [-0.3, -0.25) is 9.78 Å². The van der Waals surface area contributed by atoms with Crippen LogP contribution in [-0.2, 0) is 0 Å². The molecule has 1 aromatic carbocycles. The molecule has 0 amide bonds. The first-order valence-electron chi connectivity index (χ1n) is 8.28. The number of hydrogen-bond donors (Lipinski definition) is 1. The second kappa shape index (κ2) is 7.71. The molecule has 6 nitrogen and oxygen atoms in total. The number of anilines is 1. The molecule has 0 bridgehead atoms. The number of alkyl halides is 3. The summed E-state index contributed by atoms with van der Waals surface area (Å²) >= 11 is 0. The van der Waals surface area contributed by atoms with Gasteiger partial charge in [-0.05, 0) is 36.4 Å². The number of ketones is 1. The van der Waals surface area contributed by atoms with Crippen molar-refractivity contribution in [2.45, 2.75) is 12.8 Å². The quantitative estimate of drug-likeness (QED) is 0.786. The predicted molar refractivity (Wildman–Crippen MR) is 98.1 cm³/mol. The van der Waals surface area contributed by atoms with E-state index in [-0.39, 0.29) is 18.0 Å². The smallest absolute Gasteiger partial charge is 0.406 e. The number of carbonyl (C=O) groups excluding carboxylic acids is 1. The van der Waals surface area contributed by atoms with Crippen LogP contribution in [0.4, 0.5) is 18.9 Å². The molecule has 28 heavy (non-hydrogen) atoms. The molecule has 0 spiro atoms. The van der Waals surface area contributed by atoms with Gasteiger partial charge in [-0.1, -0.05) is 0 Å². The second-order valence-electron chi connectivity index (χ2n) is 6.19. The highest BCUT2D eigenvalue weighted by molar-refractivity contribution is 6.15. The normalized spacial score (nSPS) is 14.0. The molecule has 2 aromatic rings. The summed E-state index contributed by atoms with van der Waals surface area (Å²) in [5.74, 6) is 0.583. The monoisotopic (exact) mass is 390 g/mol. The van der Waals surface area contributed by atoms with Crippen molar-refractivity contribution >= 4 is 17.3 Å². The van der Waals surface area contributed by atoms with Crippen LogP contribution >= 0.6 is 0 Å². The fraction of sp³-hybridized carbons (Fsp3) is 0.211. The highest BCUT2D eigenvalue weighted by Crippen LogP contribution is 2.27. The number of benzene rings is 1. The largest absolute Gasteiger partial charge is 0.573 e. The van der Waals surface area contributed by atoms with Crippen LogP contribution in [0.3, 0.4) is 0 Å². The Bertz CT molecular complexity index is 920. The van der Waals surface area contributed by atoms with Crippen LogP contribution in [0.5, 0.6) is 5.75 Å². The number of nitrogens with one attached hydrogen (secondary N) is 1. The van der Waals surface area contributed by atoms with Gasteiger partial charge >= 0.3 is 6.36 Å². The Balaban J connectivity index is 1.73. The van der Waals surface area contributed by atoms with Crippen molar-refractivity contribution in [2.75, 3.05) is 19.4 Å². The van der Waals surface area contributed by atoms with Crippen LogP contribution in [-0.4, -0.2) is 42.0 Å². The highest BCUT2D eigenvalue weighted by atomic mass is 19.4. The van der Waals surface area contributed by atoms with Gasteiger partial charge in [-0.25, -0.2) is 4.99 Å². The molecule has 0 atom stereocenters. The molecule has 1 N–H and O–H groups in total. The van der Waals surface area contributed by atoms with Gasteiger partial charge in [-0.15, -0.1) is 13.2 Å². The number of aromatic nitrogens is 1. The van der Waals surface area contributed by atoms with Crippen molar-refractivity contribution in [1.82, 2.24) is 9.88 Å². The third kappa shape index (κ3) is 4.67. The average molecular weight is 390 g/mol. The highest BCUT2D eigenvalue weighted by Gasteiger charge is 2.31. The lowest BCUT2D eigenvalue weighted by molar-refractivity contribution is -0.274. The first-order chi connectivity index (χ1) is 13.2. The minimum atomic E-state index is -4.74. The molecule has 0 saturated carbocycles. The maximum absolute atomic E-state index is 12.8. The number of rotatable bonds is 5. The number of pyridine rings is 1. The van der Waals surface area contributed by atoms with Gasteiger partial charge in [0.2, 0.25) is 0 Å². The van der Waals surface area contributed by atoms with E-state index in [4.69, 9.17) is 0 Å². The minimum absolute atomic E-state index is 0.152. The lowest BCUT2D eigenvalue weighted by atomic mass is 10.0. The van der Waals surface area contributed by atoms with Crippen LogP contribution in [0.1, 0.15) is 16.8 Å². The van der Waals surface area contributed by atoms with E-state index >= 15 is 0 Å². The molecule has 3 rings (SSSR count). The Morgan fingerprint density at radius 2 is 1.75 bits per heavy atom. The fourth-order valence-corrected chi connectivity index (χ4v) is 2.69.